The van der Waals surface area contributed by atoms with E-state index in [1.807, 2.05) is 0 Å². The summed E-state index contributed by atoms with van der Waals surface area (Å²) in [6.45, 7) is 3.35. The van der Waals surface area contributed by atoms with Crippen LogP contribution in [0.3, 0.4) is 0 Å². The quantitative estimate of drug-likeness (QED) is 0.942. The van der Waals surface area contributed by atoms with Crippen molar-refractivity contribution in [2.45, 2.75) is 20.4 Å². The molecular weight excluding hydrogens is 289 g/mol. The number of hydrogen-bond donors (Lipinski definition) is 1. The normalized spacial score (nSPS) is 10.5. The van der Waals surface area contributed by atoms with E-state index in [0.29, 0.717) is 11.3 Å². The molecule has 22 heavy (non-hydrogen) atoms. The van der Waals surface area contributed by atoms with E-state index in [2.05, 4.69) is 0 Å². The van der Waals surface area contributed by atoms with Crippen LogP contribution in [0.5, 0.6) is 0 Å². The number of carboxylic acid groups (broad SMARTS) is 1. The first-order chi connectivity index (χ1) is 10.3. The molecule has 0 aliphatic rings. The van der Waals surface area contributed by atoms with Gasteiger partial charge in [0.05, 0.1) is 6.54 Å². The van der Waals surface area contributed by atoms with Crippen molar-refractivity contribution in [1.29, 1.82) is 0 Å². The largest absolute Gasteiger partial charge is 0.478 e. The van der Waals surface area contributed by atoms with Gasteiger partial charge in [0.25, 0.3) is 5.91 Å². The van der Waals surface area contributed by atoms with Crippen molar-refractivity contribution in [1.82, 2.24) is 4.90 Å². The summed E-state index contributed by atoms with van der Waals surface area (Å²) in [6.07, 6.45) is 0. The predicted octanol–water partition coefficient (Wildman–Crippen LogP) is 3.01. The van der Waals surface area contributed by atoms with Gasteiger partial charge in [0.1, 0.15) is 22.9 Å². The summed E-state index contributed by atoms with van der Waals surface area (Å²) in [4.78, 5) is 24.6. The molecule has 1 amide bonds. The first-order valence-electron chi connectivity index (χ1n) is 6.63. The standard InChI is InChI=1S/C16H16FNO4/c1-9-4-11(6-12(17)5-9)15(19)18(3)8-13-7-14(16(20)21)10(2)22-13/h4-7H,8H2,1-3H3,(H,20,21). The fourth-order valence-corrected chi connectivity index (χ4v) is 2.22. The summed E-state index contributed by atoms with van der Waals surface area (Å²) < 4.78 is 18.7. The topological polar surface area (TPSA) is 70.8 Å². The molecule has 0 fully saturated rings. The Balaban J connectivity index is 2.17. The van der Waals surface area contributed by atoms with Gasteiger partial charge in [0.15, 0.2) is 0 Å². The summed E-state index contributed by atoms with van der Waals surface area (Å²) in [5.41, 5.74) is 0.956. The average Bonchev–Trinajstić information content (AvgIpc) is 2.77. The molecular formula is C16H16FNO4. The summed E-state index contributed by atoms with van der Waals surface area (Å²) in [7, 11) is 1.54. The number of nitrogens with zero attached hydrogens (tertiary/aromatic N) is 1. The second kappa shape index (κ2) is 6.01. The van der Waals surface area contributed by atoms with E-state index in [1.54, 1.807) is 27.0 Å². The molecule has 0 atom stereocenters. The van der Waals surface area contributed by atoms with Crippen LogP contribution in [0, 0.1) is 19.7 Å². The lowest BCUT2D eigenvalue weighted by Gasteiger charge is -2.16. The highest BCUT2D eigenvalue weighted by Gasteiger charge is 2.18. The van der Waals surface area contributed by atoms with Crippen LogP contribution >= 0.6 is 0 Å². The minimum Gasteiger partial charge on any atom is -0.478 e. The van der Waals surface area contributed by atoms with Crippen molar-refractivity contribution in [3.8, 4) is 0 Å². The Labute approximate surface area is 127 Å². The van der Waals surface area contributed by atoms with Gasteiger partial charge in [-0.25, -0.2) is 9.18 Å². The van der Waals surface area contributed by atoms with Crippen LogP contribution in [0.2, 0.25) is 0 Å². The molecule has 0 saturated heterocycles. The molecule has 1 N–H and O–H groups in total. The Hall–Kier alpha value is -2.63. The van der Waals surface area contributed by atoms with Crippen molar-refractivity contribution >= 4 is 11.9 Å². The first kappa shape index (κ1) is 15.8. The van der Waals surface area contributed by atoms with Crippen LogP contribution < -0.4 is 0 Å². The van der Waals surface area contributed by atoms with Crippen molar-refractivity contribution in [3.63, 3.8) is 0 Å². The molecule has 0 aliphatic heterocycles. The Kier molecular flexibility index (Phi) is 4.30. The summed E-state index contributed by atoms with van der Waals surface area (Å²) in [5, 5.41) is 8.98. The van der Waals surface area contributed by atoms with E-state index in [9.17, 15) is 14.0 Å². The van der Waals surface area contributed by atoms with E-state index in [1.165, 1.54) is 23.1 Å². The van der Waals surface area contributed by atoms with Gasteiger partial charge >= 0.3 is 5.97 Å². The maximum atomic E-state index is 13.4. The van der Waals surface area contributed by atoms with Gasteiger partial charge in [-0.15, -0.1) is 0 Å². The number of aromatic carboxylic acids is 1. The molecule has 0 saturated carbocycles. The van der Waals surface area contributed by atoms with Crippen molar-refractivity contribution in [2.75, 3.05) is 7.05 Å². The molecule has 1 heterocycles. The fraction of sp³-hybridized carbons (Fsp3) is 0.250. The average molecular weight is 305 g/mol. The van der Waals surface area contributed by atoms with Crippen LogP contribution in [0.4, 0.5) is 4.39 Å². The molecule has 116 valence electrons. The van der Waals surface area contributed by atoms with Gasteiger partial charge in [0, 0.05) is 12.6 Å². The lowest BCUT2D eigenvalue weighted by Crippen LogP contribution is -2.26. The van der Waals surface area contributed by atoms with Crippen LogP contribution in [0.25, 0.3) is 0 Å². The zero-order valence-electron chi connectivity index (χ0n) is 12.5. The number of rotatable bonds is 4. The predicted molar refractivity (Wildman–Crippen MR) is 77.3 cm³/mol. The second-order valence-corrected chi connectivity index (χ2v) is 5.17. The van der Waals surface area contributed by atoms with Crippen LogP contribution in [0.15, 0.2) is 28.7 Å². The van der Waals surface area contributed by atoms with Crippen molar-refractivity contribution in [2.24, 2.45) is 0 Å². The van der Waals surface area contributed by atoms with Crippen LogP contribution in [0.1, 0.15) is 37.8 Å². The molecule has 1 aromatic heterocycles. The number of furan rings is 1. The molecule has 2 rings (SSSR count). The van der Waals surface area contributed by atoms with Crippen molar-refractivity contribution in [3.05, 3.63) is 58.3 Å². The number of hydrogen-bond acceptors (Lipinski definition) is 3. The lowest BCUT2D eigenvalue weighted by molar-refractivity contribution is 0.0694. The van der Waals surface area contributed by atoms with Gasteiger partial charge in [-0.2, -0.15) is 0 Å². The van der Waals surface area contributed by atoms with E-state index in [-0.39, 0.29) is 29.3 Å². The minimum atomic E-state index is -1.08. The summed E-state index contributed by atoms with van der Waals surface area (Å²) >= 11 is 0. The van der Waals surface area contributed by atoms with Gasteiger partial charge in [-0.3, -0.25) is 4.79 Å². The molecule has 2 aromatic rings. The summed E-state index contributed by atoms with van der Waals surface area (Å²) in [6, 6.07) is 5.49. The minimum absolute atomic E-state index is 0.0671. The Morgan fingerprint density at radius 3 is 2.45 bits per heavy atom. The third-order valence-corrected chi connectivity index (χ3v) is 3.23. The highest BCUT2D eigenvalue weighted by Crippen LogP contribution is 2.17. The lowest BCUT2D eigenvalue weighted by atomic mass is 10.1. The highest BCUT2D eigenvalue weighted by atomic mass is 19.1. The highest BCUT2D eigenvalue weighted by molar-refractivity contribution is 5.94. The molecule has 0 spiro atoms. The van der Waals surface area contributed by atoms with Crippen LogP contribution in [-0.4, -0.2) is 28.9 Å². The molecule has 1 aromatic carbocycles. The van der Waals surface area contributed by atoms with Crippen molar-refractivity contribution < 1.29 is 23.5 Å². The molecule has 5 nitrogen and oxygen atoms in total. The monoisotopic (exact) mass is 305 g/mol. The fourth-order valence-electron chi connectivity index (χ4n) is 2.22. The third-order valence-electron chi connectivity index (χ3n) is 3.23. The molecule has 6 heteroatoms. The van der Waals surface area contributed by atoms with Gasteiger partial charge in [0.2, 0.25) is 0 Å². The van der Waals surface area contributed by atoms with Gasteiger partial charge in [-0.05, 0) is 43.7 Å². The number of carboxylic acids is 1. The smallest absolute Gasteiger partial charge is 0.339 e. The Bertz CT molecular complexity index is 715. The van der Waals surface area contributed by atoms with Gasteiger partial charge < -0.3 is 14.4 Å². The zero-order chi connectivity index (χ0) is 16.4. The number of carbonyl (C=O) groups is 2. The molecule has 0 bridgehead atoms. The number of amides is 1. The molecule has 0 unspecified atom stereocenters. The first-order valence-corrected chi connectivity index (χ1v) is 6.63. The Morgan fingerprint density at radius 1 is 1.23 bits per heavy atom. The third kappa shape index (κ3) is 3.33. The van der Waals surface area contributed by atoms with E-state index < -0.39 is 11.8 Å². The molecule has 0 aliphatic carbocycles. The number of benzene rings is 1. The van der Waals surface area contributed by atoms with E-state index >= 15 is 0 Å². The number of halogens is 1. The SMILES string of the molecule is Cc1cc(F)cc(C(=O)N(C)Cc2cc(C(=O)O)c(C)o2)c1. The zero-order valence-corrected chi connectivity index (χ0v) is 12.5. The van der Waals surface area contributed by atoms with E-state index in [4.69, 9.17) is 9.52 Å². The Morgan fingerprint density at radius 2 is 1.91 bits per heavy atom. The second-order valence-electron chi connectivity index (χ2n) is 5.17. The number of aryl methyl sites for hydroxylation is 2. The summed E-state index contributed by atoms with van der Waals surface area (Å²) in [5.74, 6) is -1.28. The maximum Gasteiger partial charge on any atom is 0.339 e. The van der Waals surface area contributed by atoms with Gasteiger partial charge in [-0.1, -0.05) is 0 Å². The maximum absolute atomic E-state index is 13.4. The van der Waals surface area contributed by atoms with Crippen LogP contribution in [-0.2, 0) is 6.54 Å². The molecule has 0 radical (unpaired) electrons. The van der Waals surface area contributed by atoms with E-state index in [0.717, 1.165) is 0 Å². The number of carbonyl (C=O) groups excluding carboxylic acids is 1.